The number of benzene rings is 1. The molecule has 0 radical (unpaired) electrons. The third kappa shape index (κ3) is 5.66. The van der Waals surface area contributed by atoms with Gasteiger partial charge in [0.15, 0.2) is 0 Å². The fraction of sp³-hybridized carbons (Fsp3) is 0.533. The number of unbranched alkanes of at least 4 members (excludes halogenated alkanes) is 1. The first-order valence-corrected chi connectivity index (χ1v) is 7.84. The Bertz CT molecular complexity index is 383. The zero-order chi connectivity index (χ0) is 14.1. The summed E-state index contributed by atoms with van der Waals surface area (Å²) in [6, 6.07) is 10.5. The molecule has 0 aliphatic carbocycles. The Kier molecular flexibility index (Phi) is 6.95. The third-order valence-electron chi connectivity index (χ3n) is 3.42. The van der Waals surface area contributed by atoms with Crippen LogP contribution in [-0.2, 0) is 10.5 Å². The molecule has 0 aliphatic rings. The van der Waals surface area contributed by atoms with E-state index in [9.17, 15) is 4.79 Å². The van der Waals surface area contributed by atoms with Crippen molar-refractivity contribution in [1.82, 2.24) is 5.32 Å². The molecule has 0 heterocycles. The molecule has 1 aromatic carbocycles. The maximum absolute atomic E-state index is 11.3. The van der Waals surface area contributed by atoms with Gasteiger partial charge in [0.1, 0.15) is 0 Å². The molecular formula is C15H24N2OS. The number of hydrogen-bond acceptors (Lipinski definition) is 3. The molecule has 0 bridgehead atoms. The van der Waals surface area contributed by atoms with Gasteiger partial charge in [0.05, 0.1) is 5.54 Å². The molecule has 19 heavy (non-hydrogen) atoms. The van der Waals surface area contributed by atoms with Crippen LogP contribution < -0.4 is 11.1 Å². The van der Waals surface area contributed by atoms with Gasteiger partial charge in [0, 0.05) is 5.75 Å². The fourth-order valence-electron chi connectivity index (χ4n) is 1.82. The first-order valence-electron chi connectivity index (χ1n) is 6.69. The number of primary amides is 1. The molecule has 1 unspecified atom stereocenters. The normalized spacial score (nSPS) is 14.0. The molecule has 0 aliphatic heterocycles. The van der Waals surface area contributed by atoms with Crippen LogP contribution in [0.15, 0.2) is 30.3 Å². The molecule has 106 valence electrons. The van der Waals surface area contributed by atoms with E-state index in [0.717, 1.165) is 30.8 Å². The summed E-state index contributed by atoms with van der Waals surface area (Å²) in [4.78, 5) is 11.3. The van der Waals surface area contributed by atoms with Gasteiger partial charge in [-0.15, -0.1) is 0 Å². The van der Waals surface area contributed by atoms with Crippen LogP contribution in [0.2, 0.25) is 0 Å². The highest BCUT2D eigenvalue weighted by Gasteiger charge is 2.27. The minimum atomic E-state index is -0.565. The largest absolute Gasteiger partial charge is 0.368 e. The Hall–Kier alpha value is -1.00. The van der Waals surface area contributed by atoms with Gasteiger partial charge < -0.3 is 11.1 Å². The van der Waals surface area contributed by atoms with E-state index in [4.69, 9.17) is 5.73 Å². The van der Waals surface area contributed by atoms with Crippen molar-refractivity contribution in [3.05, 3.63) is 35.9 Å². The molecule has 4 heteroatoms. The summed E-state index contributed by atoms with van der Waals surface area (Å²) in [5.41, 5.74) is 6.19. The van der Waals surface area contributed by atoms with Crippen LogP contribution in [0.25, 0.3) is 0 Å². The van der Waals surface area contributed by atoms with Crippen LogP contribution in [-0.4, -0.2) is 24.2 Å². The van der Waals surface area contributed by atoms with Crippen LogP contribution in [0.4, 0.5) is 0 Å². The second-order valence-electron chi connectivity index (χ2n) is 4.94. The molecule has 3 N–H and O–H groups in total. The number of nitrogens with two attached hydrogens (primary N) is 1. The molecule has 0 saturated carbocycles. The van der Waals surface area contributed by atoms with Gasteiger partial charge in [-0.1, -0.05) is 36.8 Å². The molecule has 1 rings (SSSR count). The number of thioether (sulfide) groups is 1. The lowest BCUT2D eigenvalue weighted by atomic mass is 9.94. The number of likely N-dealkylation sites (N-methyl/N-ethyl adjacent to an activating group) is 1. The van der Waals surface area contributed by atoms with Crippen molar-refractivity contribution in [1.29, 1.82) is 0 Å². The predicted molar refractivity (Wildman–Crippen MR) is 83.1 cm³/mol. The van der Waals surface area contributed by atoms with Gasteiger partial charge >= 0.3 is 0 Å². The molecule has 1 aromatic rings. The highest BCUT2D eigenvalue weighted by molar-refractivity contribution is 7.98. The van der Waals surface area contributed by atoms with Gasteiger partial charge in [0.25, 0.3) is 0 Å². The maximum Gasteiger partial charge on any atom is 0.237 e. The van der Waals surface area contributed by atoms with E-state index in [0.29, 0.717) is 0 Å². The van der Waals surface area contributed by atoms with Gasteiger partial charge in [0.2, 0.25) is 5.91 Å². The average Bonchev–Trinajstić information content (AvgIpc) is 2.43. The number of hydrogen-bond donors (Lipinski definition) is 2. The van der Waals surface area contributed by atoms with Crippen molar-refractivity contribution < 1.29 is 4.79 Å². The Morgan fingerprint density at radius 2 is 2.00 bits per heavy atom. The van der Waals surface area contributed by atoms with E-state index >= 15 is 0 Å². The lowest BCUT2D eigenvalue weighted by molar-refractivity contribution is -0.123. The van der Waals surface area contributed by atoms with E-state index < -0.39 is 5.54 Å². The van der Waals surface area contributed by atoms with Crippen molar-refractivity contribution in [2.75, 3.05) is 12.8 Å². The van der Waals surface area contributed by atoms with Crippen LogP contribution in [0.5, 0.6) is 0 Å². The predicted octanol–water partition coefficient (Wildman–Crippen LogP) is 2.55. The van der Waals surface area contributed by atoms with Crippen LogP contribution >= 0.6 is 11.8 Å². The Morgan fingerprint density at radius 1 is 1.32 bits per heavy atom. The van der Waals surface area contributed by atoms with Gasteiger partial charge in [-0.05, 0) is 38.1 Å². The standard InChI is InChI=1S/C15H24N2OS/c1-15(17-2,14(16)18)10-6-7-11-19-12-13-8-4-3-5-9-13/h3-5,8-9,17H,6-7,10-12H2,1-2H3,(H2,16,18). The van der Waals surface area contributed by atoms with Crippen molar-refractivity contribution in [3.63, 3.8) is 0 Å². The smallest absolute Gasteiger partial charge is 0.237 e. The summed E-state index contributed by atoms with van der Waals surface area (Å²) in [7, 11) is 1.79. The van der Waals surface area contributed by atoms with E-state index in [1.165, 1.54) is 5.56 Å². The van der Waals surface area contributed by atoms with E-state index in [1.807, 2.05) is 24.8 Å². The Labute approximate surface area is 120 Å². The monoisotopic (exact) mass is 280 g/mol. The number of nitrogens with one attached hydrogen (secondary N) is 1. The molecule has 3 nitrogen and oxygen atoms in total. The van der Waals surface area contributed by atoms with Gasteiger partial charge in [-0.25, -0.2) is 0 Å². The average molecular weight is 280 g/mol. The number of carbonyl (C=O) groups is 1. The summed E-state index contributed by atoms with van der Waals surface area (Å²) in [5, 5.41) is 3.01. The quantitative estimate of drug-likeness (QED) is 0.684. The summed E-state index contributed by atoms with van der Waals surface area (Å²) in [5.74, 6) is 1.90. The molecule has 0 aromatic heterocycles. The maximum atomic E-state index is 11.3. The zero-order valence-electron chi connectivity index (χ0n) is 11.8. The molecule has 1 atom stereocenters. The second-order valence-corrected chi connectivity index (χ2v) is 6.05. The van der Waals surface area contributed by atoms with Crippen LogP contribution in [0.3, 0.4) is 0 Å². The van der Waals surface area contributed by atoms with Crippen molar-refractivity contribution in [2.45, 2.75) is 37.5 Å². The fourth-order valence-corrected chi connectivity index (χ4v) is 2.80. The van der Waals surface area contributed by atoms with Crippen LogP contribution in [0.1, 0.15) is 31.7 Å². The Balaban J connectivity index is 2.13. The van der Waals surface area contributed by atoms with Gasteiger partial charge in [-0.2, -0.15) is 11.8 Å². The first kappa shape index (κ1) is 16.1. The topological polar surface area (TPSA) is 55.1 Å². The van der Waals surface area contributed by atoms with Crippen molar-refractivity contribution in [2.24, 2.45) is 5.73 Å². The molecular weight excluding hydrogens is 256 g/mol. The molecule has 1 amide bonds. The number of amides is 1. The summed E-state index contributed by atoms with van der Waals surface area (Å²) in [6.07, 6.45) is 2.93. The van der Waals surface area contributed by atoms with Crippen molar-refractivity contribution in [3.8, 4) is 0 Å². The SMILES string of the molecule is CNC(C)(CCCCSCc1ccccc1)C(N)=O. The minimum Gasteiger partial charge on any atom is -0.368 e. The van der Waals surface area contributed by atoms with E-state index in [2.05, 4.69) is 29.6 Å². The molecule has 0 saturated heterocycles. The third-order valence-corrected chi connectivity index (χ3v) is 4.54. The summed E-state index contributed by atoms with van der Waals surface area (Å²) >= 11 is 1.94. The zero-order valence-corrected chi connectivity index (χ0v) is 12.6. The lowest BCUT2D eigenvalue weighted by Crippen LogP contribution is -2.51. The Morgan fingerprint density at radius 3 is 2.58 bits per heavy atom. The lowest BCUT2D eigenvalue weighted by Gasteiger charge is -2.25. The number of rotatable bonds is 9. The van der Waals surface area contributed by atoms with Crippen molar-refractivity contribution >= 4 is 17.7 Å². The molecule has 0 spiro atoms. The highest BCUT2D eigenvalue weighted by Crippen LogP contribution is 2.17. The van der Waals surface area contributed by atoms with Gasteiger partial charge in [-0.3, -0.25) is 4.79 Å². The summed E-state index contributed by atoms with van der Waals surface area (Å²) < 4.78 is 0. The molecule has 0 fully saturated rings. The highest BCUT2D eigenvalue weighted by atomic mass is 32.2. The number of carbonyl (C=O) groups excluding carboxylic acids is 1. The first-order chi connectivity index (χ1) is 9.08. The van der Waals surface area contributed by atoms with E-state index in [1.54, 1.807) is 7.05 Å². The minimum absolute atomic E-state index is 0.271. The second kappa shape index (κ2) is 8.23. The van der Waals surface area contributed by atoms with E-state index in [-0.39, 0.29) is 5.91 Å². The summed E-state index contributed by atoms with van der Waals surface area (Å²) in [6.45, 7) is 1.87. The van der Waals surface area contributed by atoms with Crippen LogP contribution in [0, 0.1) is 0 Å².